The molecule has 162 valence electrons. The number of carbonyl (C=O) groups is 1. The Labute approximate surface area is 178 Å². The van der Waals surface area contributed by atoms with E-state index in [1.54, 1.807) is 0 Å². The van der Waals surface area contributed by atoms with Crippen LogP contribution in [0.15, 0.2) is 24.3 Å². The molecule has 1 amide bonds. The van der Waals surface area contributed by atoms with Crippen LogP contribution in [0.2, 0.25) is 0 Å². The number of ether oxygens (including phenoxy) is 2. The van der Waals surface area contributed by atoms with Crippen LogP contribution in [0, 0.1) is 6.92 Å². The summed E-state index contributed by atoms with van der Waals surface area (Å²) in [5.74, 6) is 0.682. The Hall–Kier alpha value is -2.38. The Morgan fingerprint density at radius 1 is 1.33 bits per heavy atom. The number of rotatable bonds is 7. The summed E-state index contributed by atoms with van der Waals surface area (Å²) in [5.41, 5.74) is 4.90. The number of nitrogens with one attached hydrogen (secondary N) is 1. The molecule has 2 aromatic rings. The minimum atomic E-state index is -0.0529. The van der Waals surface area contributed by atoms with Crippen LogP contribution in [0.4, 0.5) is 0 Å². The number of fused-ring (bicyclic) bond motifs is 1. The van der Waals surface area contributed by atoms with Crippen LogP contribution in [-0.4, -0.2) is 52.9 Å². The Bertz CT molecular complexity index is 871. The standard InChI is InChI=1S/C23H32N4O3/c1-3-27-22-9-12-29-15-20(22)21(25-27)14-26-10-7-18(8-11-26)24-23(28)16-30-19-6-4-5-17(2)13-19/h4-6,13,18H,3,7-12,14-16H2,1-2H3,(H,24,28). The average molecular weight is 413 g/mol. The van der Waals surface area contributed by atoms with Crippen molar-refractivity contribution in [3.05, 3.63) is 46.8 Å². The highest BCUT2D eigenvalue weighted by Gasteiger charge is 2.25. The molecule has 4 rings (SSSR count). The van der Waals surface area contributed by atoms with Gasteiger partial charge in [0.1, 0.15) is 5.75 Å². The molecule has 0 saturated carbocycles. The number of likely N-dealkylation sites (tertiary alicyclic amines) is 1. The highest BCUT2D eigenvalue weighted by atomic mass is 16.5. The van der Waals surface area contributed by atoms with E-state index in [9.17, 15) is 4.79 Å². The Morgan fingerprint density at radius 2 is 2.17 bits per heavy atom. The molecule has 1 N–H and O–H groups in total. The van der Waals surface area contributed by atoms with Gasteiger partial charge in [-0.25, -0.2) is 0 Å². The van der Waals surface area contributed by atoms with Gasteiger partial charge in [0.05, 0.1) is 18.9 Å². The molecule has 1 saturated heterocycles. The summed E-state index contributed by atoms with van der Waals surface area (Å²) in [6.45, 7) is 9.35. The van der Waals surface area contributed by atoms with E-state index in [1.165, 1.54) is 11.3 Å². The molecule has 0 unspecified atom stereocenters. The second kappa shape index (κ2) is 9.62. The van der Waals surface area contributed by atoms with E-state index < -0.39 is 0 Å². The van der Waals surface area contributed by atoms with Gasteiger partial charge in [0.2, 0.25) is 0 Å². The lowest BCUT2D eigenvalue weighted by Crippen LogP contribution is -2.45. The topological polar surface area (TPSA) is 68.6 Å². The summed E-state index contributed by atoms with van der Waals surface area (Å²) in [4.78, 5) is 14.7. The fraction of sp³-hybridized carbons (Fsp3) is 0.565. The predicted octanol–water partition coefficient (Wildman–Crippen LogP) is 2.44. The molecule has 0 radical (unpaired) electrons. The first-order valence-electron chi connectivity index (χ1n) is 11.0. The Kier molecular flexibility index (Phi) is 6.69. The van der Waals surface area contributed by atoms with E-state index in [-0.39, 0.29) is 18.6 Å². The number of aromatic nitrogens is 2. The molecule has 1 fully saturated rings. The largest absolute Gasteiger partial charge is 0.484 e. The SMILES string of the molecule is CCn1nc(CN2CCC(NC(=O)COc3cccc(C)c3)CC2)c2c1CCOC2. The molecule has 2 aliphatic heterocycles. The molecular formula is C23H32N4O3. The summed E-state index contributed by atoms with van der Waals surface area (Å²) in [7, 11) is 0. The second-order valence-electron chi connectivity index (χ2n) is 8.21. The van der Waals surface area contributed by atoms with Crippen molar-refractivity contribution in [2.45, 2.75) is 58.8 Å². The maximum atomic E-state index is 12.3. The lowest BCUT2D eigenvalue weighted by molar-refractivity contribution is -0.124. The molecule has 1 aromatic heterocycles. The van der Waals surface area contributed by atoms with E-state index in [1.807, 2.05) is 31.2 Å². The number of nitrogens with zero attached hydrogens (tertiary/aromatic N) is 3. The van der Waals surface area contributed by atoms with Crippen molar-refractivity contribution >= 4 is 5.91 Å². The zero-order valence-electron chi connectivity index (χ0n) is 18.0. The summed E-state index contributed by atoms with van der Waals surface area (Å²) in [5, 5.41) is 7.96. The molecule has 1 aromatic carbocycles. The first-order valence-corrected chi connectivity index (χ1v) is 11.0. The minimum absolute atomic E-state index is 0.0529. The van der Waals surface area contributed by atoms with Crippen molar-refractivity contribution < 1.29 is 14.3 Å². The minimum Gasteiger partial charge on any atom is -0.484 e. The summed E-state index contributed by atoms with van der Waals surface area (Å²) in [6.07, 6.45) is 2.85. The van der Waals surface area contributed by atoms with Crippen LogP contribution >= 0.6 is 0 Å². The molecule has 0 bridgehead atoms. The van der Waals surface area contributed by atoms with Gasteiger partial charge in [0.25, 0.3) is 5.91 Å². The number of hydrogen-bond donors (Lipinski definition) is 1. The van der Waals surface area contributed by atoms with Gasteiger partial charge >= 0.3 is 0 Å². The number of hydrogen-bond acceptors (Lipinski definition) is 5. The van der Waals surface area contributed by atoms with Gasteiger partial charge in [-0.05, 0) is 44.4 Å². The lowest BCUT2D eigenvalue weighted by Gasteiger charge is -2.32. The van der Waals surface area contributed by atoms with Crippen LogP contribution < -0.4 is 10.1 Å². The highest BCUT2D eigenvalue weighted by molar-refractivity contribution is 5.77. The van der Waals surface area contributed by atoms with Crippen LogP contribution in [0.5, 0.6) is 5.75 Å². The van der Waals surface area contributed by atoms with Gasteiger partial charge in [-0.1, -0.05) is 12.1 Å². The molecule has 0 atom stereocenters. The Balaban J connectivity index is 1.23. The van der Waals surface area contributed by atoms with Gasteiger partial charge in [-0.3, -0.25) is 14.4 Å². The van der Waals surface area contributed by atoms with E-state index in [0.717, 1.165) is 69.1 Å². The van der Waals surface area contributed by atoms with Gasteiger partial charge in [-0.15, -0.1) is 0 Å². The quantitative estimate of drug-likeness (QED) is 0.757. The third kappa shape index (κ3) is 5.02. The molecular weight excluding hydrogens is 380 g/mol. The van der Waals surface area contributed by atoms with Crippen LogP contribution in [-0.2, 0) is 35.6 Å². The van der Waals surface area contributed by atoms with Gasteiger partial charge in [0.15, 0.2) is 6.61 Å². The third-order valence-corrected chi connectivity index (χ3v) is 5.96. The molecule has 7 nitrogen and oxygen atoms in total. The van der Waals surface area contributed by atoms with Crippen molar-refractivity contribution in [1.29, 1.82) is 0 Å². The second-order valence-corrected chi connectivity index (χ2v) is 8.21. The number of aryl methyl sites for hydroxylation is 2. The molecule has 0 aliphatic carbocycles. The molecule has 30 heavy (non-hydrogen) atoms. The summed E-state index contributed by atoms with van der Waals surface area (Å²) in [6, 6.07) is 7.97. The van der Waals surface area contributed by atoms with Crippen molar-refractivity contribution in [1.82, 2.24) is 20.0 Å². The highest BCUT2D eigenvalue weighted by Crippen LogP contribution is 2.23. The summed E-state index contributed by atoms with van der Waals surface area (Å²) < 4.78 is 13.4. The van der Waals surface area contributed by atoms with Crippen molar-refractivity contribution in [3.63, 3.8) is 0 Å². The van der Waals surface area contributed by atoms with Crippen LogP contribution in [0.3, 0.4) is 0 Å². The van der Waals surface area contributed by atoms with Gasteiger partial charge < -0.3 is 14.8 Å². The molecule has 0 spiro atoms. The van der Waals surface area contributed by atoms with E-state index in [0.29, 0.717) is 6.61 Å². The molecule has 7 heteroatoms. The zero-order valence-corrected chi connectivity index (χ0v) is 18.0. The number of carbonyl (C=O) groups excluding carboxylic acids is 1. The van der Waals surface area contributed by atoms with Crippen molar-refractivity contribution in [3.8, 4) is 5.75 Å². The van der Waals surface area contributed by atoms with Crippen LogP contribution in [0.1, 0.15) is 42.3 Å². The average Bonchev–Trinajstić information content (AvgIpc) is 3.11. The van der Waals surface area contributed by atoms with Crippen molar-refractivity contribution in [2.75, 3.05) is 26.3 Å². The molecule has 3 heterocycles. The maximum absolute atomic E-state index is 12.3. The third-order valence-electron chi connectivity index (χ3n) is 5.96. The first kappa shape index (κ1) is 20.9. The maximum Gasteiger partial charge on any atom is 0.258 e. The monoisotopic (exact) mass is 412 g/mol. The molecule has 2 aliphatic rings. The first-order chi connectivity index (χ1) is 14.6. The zero-order chi connectivity index (χ0) is 20.9. The fourth-order valence-corrected chi connectivity index (χ4v) is 4.34. The van der Waals surface area contributed by atoms with Gasteiger partial charge in [-0.2, -0.15) is 5.10 Å². The van der Waals surface area contributed by atoms with E-state index in [2.05, 4.69) is 21.8 Å². The predicted molar refractivity (Wildman–Crippen MR) is 114 cm³/mol. The number of piperidine rings is 1. The normalized spacial score (nSPS) is 17.5. The number of benzene rings is 1. The number of amides is 1. The van der Waals surface area contributed by atoms with Gasteiger partial charge in [0, 0.05) is 49.9 Å². The smallest absolute Gasteiger partial charge is 0.258 e. The van der Waals surface area contributed by atoms with E-state index >= 15 is 0 Å². The fourth-order valence-electron chi connectivity index (χ4n) is 4.34. The van der Waals surface area contributed by atoms with E-state index in [4.69, 9.17) is 14.6 Å². The summed E-state index contributed by atoms with van der Waals surface area (Å²) >= 11 is 0. The van der Waals surface area contributed by atoms with Crippen molar-refractivity contribution in [2.24, 2.45) is 0 Å². The lowest BCUT2D eigenvalue weighted by atomic mass is 10.0. The van der Waals surface area contributed by atoms with Crippen LogP contribution in [0.25, 0.3) is 0 Å². The Morgan fingerprint density at radius 3 is 2.93 bits per heavy atom.